The predicted octanol–water partition coefficient (Wildman–Crippen LogP) is 3.36. The molecule has 0 aromatic carbocycles. The average molecular weight is 287 g/mol. The summed E-state index contributed by atoms with van der Waals surface area (Å²) in [6.07, 6.45) is 2.35. The average Bonchev–Trinajstić information content (AvgIpc) is 2.25. The summed E-state index contributed by atoms with van der Waals surface area (Å²) < 4.78 is 6.04. The summed E-state index contributed by atoms with van der Waals surface area (Å²) in [7, 11) is 1.39. The Hall–Kier alpha value is -0.653. The Labute approximate surface area is 118 Å². The number of hydroxylamine groups is 2. The van der Waals surface area contributed by atoms with Gasteiger partial charge in [-0.15, -0.1) is 0 Å². The zero-order valence-electron chi connectivity index (χ0n) is 13.7. The zero-order chi connectivity index (χ0) is 15.3. The van der Waals surface area contributed by atoms with Gasteiger partial charge < -0.3 is 4.43 Å². The highest BCUT2D eigenvalue weighted by Gasteiger charge is 2.36. The summed E-state index contributed by atoms with van der Waals surface area (Å²) in [6, 6.07) is 0. The van der Waals surface area contributed by atoms with Crippen LogP contribution in [0, 0.1) is 0 Å². The summed E-state index contributed by atoms with van der Waals surface area (Å²) in [4.78, 5) is 16.5. The van der Waals surface area contributed by atoms with Crippen molar-refractivity contribution in [1.29, 1.82) is 0 Å². The first-order valence-corrected chi connectivity index (χ1v) is 9.52. The van der Waals surface area contributed by atoms with Gasteiger partial charge in [0, 0.05) is 13.5 Å². The monoisotopic (exact) mass is 287 g/mol. The molecule has 0 atom stereocenters. The van der Waals surface area contributed by atoms with E-state index < -0.39 is 8.32 Å². The maximum Gasteiger partial charge on any atom is 0.249 e. The van der Waals surface area contributed by atoms with Crippen LogP contribution in [0.5, 0.6) is 0 Å². The van der Waals surface area contributed by atoms with Gasteiger partial charge in [-0.1, -0.05) is 32.4 Å². The van der Waals surface area contributed by atoms with Crippen LogP contribution in [0.4, 0.5) is 0 Å². The smallest absolute Gasteiger partial charge is 0.249 e. The lowest BCUT2D eigenvalue weighted by Gasteiger charge is -2.35. The lowest BCUT2D eigenvalue weighted by Crippen LogP contribution is -2.40. The second kappa shape index (κ2) is 7.22. The van der Waals surface area contributed by atoms with Gasteiger partial charge in [-0.05, 0) is 25.1 Å². The van der Waals surface area contributed by atoms with Gasteiger partial charge in [-0.2, -0.15) is 0 Å². The number of carbonyl (C=O) groups excluding carboxylic acids is 1. The van der Waals surface area contributed by atoms with Crippen molar-refractivity contribution in [2.45, 2.75) is 52.2 Å². The maximum absolute atomic E-state index is 11.6. The van der Waals surface area contributed by atoms with Crippen LogP contribution in [0.15, 0.2) is 11.6 Å². The third-order valence-electron chi connectivity index (χ3n) is 3.74. The topological polar surface area (TPSA) is 38.8 Å². The SMILES string of the molecule is CON(C)C(=O)C/C(C)=C\CO[Si](C)(C)C(C)(C)C. The number of carbonyl (C=O) groups is 1. The van der Waals surface area contributed by atoms with Gasteiger partial charge in [0.05, 0.1) is 13.7 Å². The van der Waals surface area contributed by atoms with Gasteiger partial charge in [0.15, 0.2) is 8.32 Å². The Kier molecular flexibility index (Phi) is 6.97. The predicted molar refractivity (Wildman–Crippen MR) is 81.3 cm³/mol. The minimum atomic E-state index is -1.71. The Morgan fingerprint density at radius 2 is 1.84 bits per heavy atom. The van der Waals surface area contributed by atoms with E-state index in [0.29, 0.717) is 13.0 Å². The van der Waals surface area contributed by atoms with Crippen molar-refractivity contribution in [3.05, 3.63) is 11.6 Å². The zero-order valence-corrected chi connectivity index (χ0v) is 14.7. The molecule has 0 saturated carbocycles. The fourth-order valence-electron chi connectivity index (χ4n) is 1.13. The van der Waals surface area contributed by atoms with Crippen LogP contribution in [0.1, 0.15) is 34.1 Å². The van der Waals surface area contributed by atoms with Crippen molar-refractivity contribution in [2.24, 2.45) is 0 Å². The highest BCUT2D eigenvalue weighted by atomic mass is 28.4. The number of nitrogens with zero attached hydrogens (tertiary/aromatic N) is 1. The van der Waals surface area contributed by atoms with E-state index in [4.69, 9.17) is 9.26 Å². The molecule has 0 rings (SSSR count). The summed E-state index contributed by atoms with van der Waals surface area (Å²) in [5, 5.41) is 1.45. The number of rotatable bonds is 6. The molecule has 1 amide bonds. The van der Waals surface area contributed by atoms with Crippen molar-refractivity contribution in [3.8, 4) is 0 Å². The van der Waals surface area contributed by atoms with Gasteiger partial charge in [-0.25, -0.2) is 5.06 Å². The van der Waals surface area contributed by atoms with E-state index in [1.807, 2.05) is 13.0 Å². The standard InChI is InChI=1S/C14H29NO3Si/c1-12(11-13(16)15(5)17-6)9-10-18-19(7,8)14(2,3)4/h9H,10-11H2,1-8H3/b12-9-. The van der Waals surface area contributed by atoms with Crippen molar-refractivity contribution in [3.63, 3.8) is 0 Å². The summed E-state index contributed by atoms with van der Waals surface area (Å²) >= 11 is 0. The van der Waals surface area contributed by atoms with E-state index in [1.54, 1.807) is 7.05 Å². The molecule has 0 aliphatic rings. The van der Waals surface area contributed by atoms with Gasteiger partial charge in [0.25, 0.3) is 0 Å². The molecule has 19 heavy (non-hydrogen) atoms. The molecular weight excluding hydrogens is 258 g/mol. The molecule has 0 aromatic rings. The van der Waals surface area contributed by atoms with E-state index >= 15 is 0 Å². The van der Waals surface area contributed by atoms with Crippen LogP contribution in [-0.2, 0) is 14.1 Å². The molecule has 0 fully saturated rings. The highest BCUT2D eigenvalue weighted by Crippen LogP contribution is 2.36. The second-order valence-corrected chi connectivity index (χ2v) is 11.2. The third-order valence-corrected chi connectivity index (χ3v) is 8.24. The first kappa shape index (κ1) is 18.3. The minimum absolute atomic E-state index is 0.0522. The van der Waals surface area contributed by atoms with Crippen LogP contribution in [0.25, 0.3) is 0 Å². The third kappa shape index (κ3) is 6.36. The van der Waals surface area contributed by atoms with Crippen LogP contribution in [0.2, 0.25) is 18.1 Å². The molecule has 0 heterocycles. The first-order chi connectivity index (χ1) is 8.51. The van der Waals surface area contributed by atoms with Crippen LogP contribution in [0.3, 0.4) is 0 Å². The Balaban J connectivity index is 4.32. The minimum Gasteiger partial charge on any atom is -0.413 e. The van der Waals surface area contributed by atoms with Crippen molar-refractivity contribution in [2.75, 3.05) is 20.8 Å². The highest BCUT2D eigenvalue weighted by molar-refractivity contribution is 6.74. The van der Waals surface area contributed by atoms with E-state index in [2.05, 4.69) is 33.9 Å². The molecule has 5 heteroatoms. The second-order valence-electron chi connectivity index (χ2n) is 6.37. The van der Waals surface area contributed by atoms with Gasteiger partial charge >= 0.3 is 0 Å². The van der Waals surface area contributed by atoms with Crippen molar-refractivity contribution in [1.82, 2.24) is 5.06 Å². The molecule has 0 aromatic heterocycles. The molecule has 0 radical (unpaired) electrons. The molecule has 0 bridgehead atoms. The van der Waals surface area contributed by atoms with Gasteiger partial charge in [-0.3, -0.25) is 9.63 Å². The molecular formula is C14H29NO3Si. The molecule has 0 N–H and O–H groups in total. The fourth-order valence-corrected chi connectivity index (χ4v) is 2.07. The van der Waals surface area contributed by atoms with E-state index in [9.17, 15) is 4.79 Å². The van der Waals surface area contributed by atoms with Crippen LogP contribution >= 0.6 is 0 Å². The largest absolute Gasteiger partial charge is 0.413 e. The quantitative estimate of drug-likeness (QED) is 0.427. The lowest BCUT2D eigenvalue weighted by atomic mass is 10.2. The van der Waals surface area contributed by atoms with Crippen LogP contribution < -0.4 is 0 Å². The molecule has 112 valence electrons. The summed E-state index contributed by atoms with van der Waals surface area (Å²) in [5.41, 5.74) is 1.01. The van der Waals surface area contributed by atoms with E-state index in [0.717, 1.165) is 5.57 Å². The fraction of sp³-hybridized carbons (Fsp3) is 0.786. The molecule has 0 spiro atoms. The number of hydrogen-bond acceptors (Lipinski definition) is 3. The molecule has 0 saturated heterocycles. The Bertz CT molecular complexity index is 332. The molecule has 0 aliphatic carbocycles. The van der Waals surface area contributed by atoms with E-state index in [-0.39, 0.29) is 10.9 Å². The Morgan fingerprint density at radius 1 is 1.32 bits per heavy atom. The number of hydrogen-bond donors (Lipinski definition) is 0. The van der Waals surface area contributed by atoms with Crippen molar-refractivity contribution < 1.29 is 14.1 Å². The van der Waals surface area contributed by atoms with E-state index in [1.165, 1.54) is 12.2 Å². The molecule has 4 nitrogen and oxygen atoms in total. The van der Waals surface area contributed by atoms with Crippen molar-refractivity contribution >= 4 is 14.2 Å². The molecule has 0 aliphatic heterocycles. The number of amides is 1. The Morgan fingerprint density at radius 3 is 2.26 bits per heavy atom. The lowest BCUT2D eigenvalue weighted by molar-refractivity contribution is -0.167. The first-order valence-electron chi connectivity index (χ1n) is 6.61. The normalized spacial score (nSPS) is 13.6. The molecule has 0 unspecified atom stereocenters. The van der Waals surface area contributed by atoms with Crippen LogP contribution in [-0.4, -0.2) is 40.1 Å². The summed E-state index contributed by atoms with van der Waals surface area (Å²) in [6.45, 7) is 13.6. The maximum atomic E-state index is 11.6. The summed E-state index contributed by atoms with van der Waals surface area (Å²) in [5.74, 6) is -0.0522. The van der Waals surface area contributed by atoms with Gasteiger partial charge in [0.1, 0.15) is 0 Å². The van der Waals surface area contributed by atoms with Gasteiger partial charge in [0.2, 0.25) is 5.91 Å².